The molecule has 2 aromatic carbocycles. The number of H-pyrrole nitrogens is 1. The van der Waals surface area contributed by atoms with Gasteiger partial charge < -0.3 is 4.98 Å². The Morgan fingerprint density at radius 2 is 1.85 bits per heavy atom. The molecular formula is C22H12F4N4O2S. The molecule has 33 heavy (non-hydrogen) atoms. The highest BCUT2D eigenvalue weighted by Gasteiger charge is 2.30. The summed E-state index contributed by atoms with van der Waals surface area (Å²) in [7, 11) is -2.09. The standard InChI is InChI=1S/C22H12F4N4O2S/c23-19-15(20(31)17-11-29-21-16(17)8-12(9-27)10-28-21)2-1-3-18(19)30-33(32)14-6-4-13(5-7-14)22(24,25)26/h1-8,10-11,30H,(H,28,29). The monoisotopic (exact) mass is 472 g/mol. The fourth-order valence-corrected chi connectivity index (χ4v) is 3.97. The Balaban J connectivity index is 1.62. The van der Waals surface area contributed by atoms with Gasteiger partial charge >= 0.3 is 6.18 Å². The lowest BCUT2D eigenvalue weighted by molar-refractivity contribution is -0.137. The molecule has 0 bridgehead atoms. The van der Waals surface area contributed by atoms with E-state index in [0.717, 1.165) is 24.3 Å². The predicted octanol–water partition coefficient (Wildman–Crippen LogP) is 4.96. The quantitative estimate of drug-likeness (QED) is 0.317. The summed E-state index contributed by atoms with van der Waals surface area (Å²) < 4.78 is 68.1. The number of rotatable bonds is 5. The van der Waals surface area contributed by atoms with E-state index in [9.17, 15) is 22.2 Å². The number of aromatic amines is 1. The highest BCUT2D eigenvalue weighted by molar-refractivity contribution is 7.86. The van der Waals surface area contributed by atoms with Crippen LogP contribution in [0.3, 0.4) is 0 Å². The van der Waals surface area contributed by atoms with Gasteiger partial charge in [-0.05, 0) is 42.5 Å². The molecular weight excluding hydrogens is 460 g/mol. The number of carbonyl (C=O) groups is 1. The summed E-state index contributed by atoms with van der Waals surface area (Å²) in [6.45, 7) is 0. The van der Waals surface area contributed by atoms with E-state index >= 15 is 4.39 Å². The van der Waals surface area contributed by atoms with Gasteiger partial charge in [0.15, 0.2) is 11.6 Å². The van der Waals surface area contributed by atoms with Crippen LogP contribution in [0.25, 0.3) is 11.0 Å². The van der Waals surface area contributed by atoms with Gasteiger partial charge in [-0.1, -0.05) is 6.07 Å². The number of pyridine rings is 1. The fraction of sp³-hybridized carbons (Fsp3) is 0.0455. The molecule has 11 heteroatoms. The molecule has 0 radical (unpaired) electrons. The molecule has 4 rings (SSSR count). The van der Waals surface area contributed by atoms with Crippen molar-refractivity contribution in [3.8, 4) is 6.07 Å². The van der Waals surface area contributed by atoms with Gasteiger partial charge in [-0.15, -0.1) is 0 Å². The largest absolute Gasteiger partial charge is 0.416 e. The smallest absolute Gasteiger partial charge is 0.345 e. The Kier molecular flexibility index (Phi) is 5.69. The first-order chi connectivity index (χ1) is 15.7. The first kappa shape index (κ1) is 22.2. The highest BCUT2D eigenvalue weighted by atomic mass is 32.2. The van der Waals surface area contributed by atoms with E-state index in [1.165, 1.54) is 36.7 Å². The molecule has 2 heterocycles. The summed E-state index contributed by atoms with van der Waals surface area (Å²) in [5.74, 6) is -1.68. The maximum atomic E-state index is 15.1. The maximum absolute atomic E-state index is 15.1. The summed E-state index contributed by atoms with van der Waals surface area (Å²) in [5, 5.41) is 9.39. The number of nitrogens with one attached hydrogen (secondary N) is 2. The third-order valence-corrected chi connectivity index (χ3v) is 5.85. The Bertz CT molecular complexity index is 1440. The molecule has 1 atom stereocenters. The van der Waals surface area contributed by atoms with Crippen LogP contribution in [-0.4, -0.2) is 20.0 Å². The van der Waals surface area contributed by atoms with E-state index < -0.39 is 34.3 Å². The van der Waals surface area contributed by atoms with Crippen LogP contribution in [0.2, 0.25) is 0 Å². The molecule has 0 saturated carbocycles. The number of nitrogens with zero attached hydrogens (tertiary/aromatic N) is 2. The molecule has 2 N–H and O–H groups in total. The average Bonchev–Trinajstić information content (AvgIpc) is 3.22. The molecule has 2 aromatic heterocycles. The molecule has 0 aliphatic carbocycles. The van der Waals surface area contributed by atoms with Gasteiger partial charge in [0, 0.05) is 23.3 Å². The van der Waals surface area contributed by atoms with E-state index in [0.29, 0.717) is 11.0 Å². The Hall–Kier alpha value is -4.04. The number of alkyl halides is 3. The second-order valence-electron chi connectivity index (χ2n) is 6.82. The Labute approximate surface area is 186 Å². The zero-order valence-corrected chi connectivity index (χ0v) is 17.2. The molecule has 0 spiro atoms. The normalized spacial score (nSPS) is 12.3. The second kappa shape index (κ2) is 8.48. The van der Waals surface area contributed by atoms with Gasteiger partial charge in [-0.2, -0.15) is 18.4 Å². The Morgan fingerprint density at radius 3 is 2.52 bits per heavy atom. The summed E-state index contributed by atoms with van der Waals surface area (Å²) in [6, 6.07) is 10.8. The third kappa shape index (κ3) is 4.33. The van der Waals surface area contributed by atoms with Crippen molar-refractivity contribution in [1.82, 2.24) is 9.97 Å². The highest BCUT2D eigenvalue weighted by Crippen LogP contribution is 2.30. The van der Waals surface area contributed by atoms with Gasteiger partial charge in [0.05, 0.1) is 27.3 Å². The molecule has 0 amide bonds. The molecule has 1 unspecified atom stereocenters. The number of hydrogen-bond acceptors (Lipinski definition) is 4. The van der Waals surface area contributed by atoms with Crippen LogP contribution in [0.5, 0.6) is 0 Å². The molecule has 0 aliphatic rings. The van der Waals surface area contributed by atoms with Crippen LogP contribution in [0.1, 0.15) is 27.0 Å². The minimum Gasteiger partial charge on any atom is -0.345 e. The fourth-order valence-electron chi connectivity index (χ4n) is 3.11. The Morgan fingerprint density at radius 1 is 1.12 bits per heavy atom. The van der Waals surface area contributed by atoms with Crippen molar-refractivity contribution in [2.24, 2.45) is 0 Å². The molecule has 0 fully saturated rings. The number of nitriles is 1. The van der Waals surface area contributed by atoms with Crippen molar-refractivity contribution in [3.63, 3.8) is 0 Å². The summed E-state index contributed by atoms with van der Waals surface area (Å²) in [5.41, 5.74) is -0.846. The zero-order chi connectivity index (χ0) is 23.8. The first-order valence-corrected chi connectivity index (χ1v) is 10.4. The van der Waals surface area contributed by atoms with Gasteiger partial charge in [0.1, 0.15) is 22.7 Å². The number of halogens is 4. The number of ketones is 1. The lowest BCUT2D eigenvalue weighted by atomic mass is 10.0. The van der Waals surface area contributed by atoms with Crippen molar-refractivity contribution in [3.05, 3.63) is 89.0 Å². The van der Waals surface area contributed by atoms with Crippen LogP contribution in [0, 0.1) is 17.1 Å². The van der Waals surface area contributed by atoms with Crippen LogP contribution in [0.4, 0.5) is 23.2 Å². The van der Waals surface area contributed by atoms with Crippen molar-refractivity contribution in [1.29, 1.82) is 5.26 Å². The number of hydrogen-bond donors (Lipinski definition) is 2. The summed E-state index contributed by atoms with van der Waals surface area (Å²) in [4.78, 5) is 19.8. The van der Waals surface area contributed by atoms with E-state index in [4.69, 9.17) is 5.26 Å². The molecule has 4 aromatic rings. The SMILES string of the molecule is N#Cc1cnc2[nH]cc(C(=O)c3cccc(NS(=O)c4ccc(C(F)(F)F)cc4)c3F)c2c1. The number of fused-ring (bicyclic) bond motifs is 1. The van der Waals surface area contributed by atoms with Crippen molar-refractivity contribution in [2.75, 3.05) is 4.72 Å². The summed E-state index contributed by atoms with van der Waals surface area (Å²) in [6.07, 6.45) is -1.87. The second-order valence-corrected chi connectivity index (χ2v) is 8.04. The van der Waals surface area contributed by atoms with Crippen LogP contribution >= 0.6 is 0 Å². The zero-order valence-electron chi connectivity index (χ0n) is 16.4. The number of aromatic nitrogens is 2. The van der Waals surface area contributed by atoms with Gasteiger partial charge in [-0.3, -0.25) is 9.52 Å². The van der Waals surface area contributed by atoms with Crippen LogP contribution in [0.15, 0.2) is 65.8 Å². The molecule has 0 aliphatic heterocycles. The summed E-state index contributed by atoms with van der Waals surface area (Å²) >= 11 is 0. The van der Waals surface area contributed by atoms with Crippen LogP contribution < -0.4 is 4.72 Å². The van der Waals surface area contributed by atoms with E-state index in [-0.39, 0.29) is 27.3 Å². The molecule has 166 valence electrons. The minimum absolute atomic E-state index is 0.00846. The van der Waals surface area contributed by atoms with Gasteiger partial charge in [0.25, 0.3) is 0 Å². The van der Waals surface area contributed by atoms with Gasteiger partial charge in [-0.25, -0.2) is 13.6 Å². The average molecular weight is 472 g/mol. The number of anilines is 1. The van der Waals surface area contributed by atoms with Crippen molar-refractivity contribution >= 4 is 33.5 Å². The third-order valence-electron chi connectivity index (χ3n) is 4.75. The lowest BCUT2D eigenvalue weighted by Gasteiger charge is -2.11. The number of benzene rings is 2. The number of carbonyl (C=O) groups excluding carboxylic acids is 1. The van der Waals surface area contributed by atoms with E-state index in [1.807, 2.05) is 6.07 Å². The topological polar surface area (TPSA) is 98.6 Å². The van der Waals surface area contributed by atoms with Crippen LogP contribution in [-0.2, 0) is 17.2 Å². The van der Waals surface area contributed by atoms with Crippen molar-refractivity contribution < 1.29 is 26.6 Å². The molecule has 0 saturated heterocycles. The molecule has 6 nitrogen and oxygen atoms in total. The van der Waals surface area contributed by atoms with E-state index in [1.54, 1.807) is 0 Å². The minimum atomic E-state index is -4.54. The predicted molar refractivity (Wildman–Crippen MR) is 112 cm³/mol. The van der Waals surface area contributed by atoms with Crippen molar-refractivity contribution in [2.45, 2.75) is 11.1 Å². The first-order valence-electron chi connectivity index (χ1n) is 9.25. The van der Waals surface area contributed by atoms with E-state index in [2.05, 4.69) is 14.7 Å². The van der Waals surface area contributed by atoms with Gasteiger partial charge in [0.2, 0.25) is 0 Å². The maximum Gasteiger partial charge on any atom is 0.416 e. The lowest BCUT2D eigenvalue weighted by Crippen LogP contribution is -2.11.